The van der Waals surface area contributed by atoms with Gasteiger partial charge in [-0.15, -0.1) is 6.58 Å². The SMILES string of the molecule is C=CCC1CCC(C2CCC(C3CCC(OC)C(F)C3F)CC2)CC1. The van der Waals surface area contributed by atoms with Gasteiger partial charge in [-0.2, -0.15) is 0 Å². The summed E-state index contributed by atoms with van der Waals surface area (Å²) < 4.78 is 33.9. The fourth-order valence-electron chi connectivity index (χ4n) is 6.04. The van der Waals surface area contributed by atoms with Crippen molar-refractivity contribution < 1.29 is 13.5 Å². The van der Waals surface area contributed by atoms with Crippen molar-refractivity contribution in [2.45, 2.75) is 89.1 Å². The lowest BCUT2D eigenvalue weighted by molar-refractivity contribution is -0.0729. The summed E-state index contributed by atoms with van der Waals surface area (Å²) in [6.07, 6.45) is 11.5. The molecule has 0 amide bonds. The number of hydrogen-bond donors (Lipinski definition) is 0. The van der Waals surface area contributed by atoms with E-state index in [0.29, 0.717) is 12.3 Å². The van der Waals surface area contributed by atoms with Gasteiger partial charge >= 0.3 is 0 Å². The van der Waals surface area contributed by atoms with E-state index < -0.39 is 18.4 Å². The predicted molar refractivity (Wildman–Crippen MR) is 99.0 cm³/mol. The number of alkyl halides is 2. The molecule has 4 atom stereocenters. The predicted octanol–water partition coefficient (Wildman–Crippen LogP) is 6.28. The van der Waals surface area contributed by atoms with Gasteiger partial charge in [-0.1, -0.05) is 6.08 Å². The minimum atomic E-state index is -1.43. The zero-order valence-electron chi connectivity index (χ0n) is 15.8. The highest BCUT2D eigenvalue weighted by Gasteiger charge is 2.44. The lowest BCUT2D eigenvalue weighted by Crippen LogP contribution is -2.45. The van der Waals surface area contributed by atoms with Crippen LogP contribution in [0.1, 0.15) is 70.6 Å². The first-order valence-corrected chi connectivity index (χ1v) is 10.6. The molecule has 3 heteroatoms. The molecule has 0 spiro atoms. The van der Waals surface area contributed by atoms with Crippen LogP contribution in [0.3, 0.4) is 0 Å². The Morgan fingerprint density at radius 2 is 1.36 bits per heavy atom. The van der Waals surface area contributed by atoms with Crippen molar-refractivity contribution in [1.29, 1.82) is 0 Å². The lowest BCUT2D eigenvalue weighted by atomic mass is 9.65. The summed E-state index contributed by atoms with van der Waals surface area (Å²) in [5.41, 5.74) is 0. The normalized spacial score (nSPS) is 45.9. The molecule has 0 saturated heterocycles. The minimum absolute atomic E-state index is 0.0781. The Balaban J connectivity index is 1.45. The number of rotatable bonds is 5. The molecule has 3 aliphatic carbocycles. The van der Waals surface area contributed by atoms with Gasteiger partial charge in [0.1, 0.15) is 6.17 Å². The third kappa shape index (κ3) is 4.46. The van der Waals surface area contributed by atoms with Crippen LogP contribution in [0.15, 0.2) is 12.7 Å². The van der Waals surface area contributed by atoms with Crippen LogP contribution in [0.5, 0.6) is 0 Å². The van der Waals surface area contributed by atoms with E-state index in [2.05, 4.69) is 12.7 Å². The van der Waals surface area contributed by atoms with Crippen LogP contribution in [0.4, 0.5) is 8.78 Å². The molecule has 0 aromatic carbocycles. The molecule has 1 nitrogen and oxygen atoms in total. The van der Waals surface area contributed by atoms with E-state index in [0.717, 1.165) is 37.0 Å². The van der Waals surface area contributed by atoms with Gasteiger partial charge in [0, 0.05) is 7.11 Å². The summed E-state index contributed by atoms with van der Waals surface area (Å²) >= 11 is 0. The van der Waals surface area contributed by atoms with E-state index in [9.17, 15) is 8.78 Å². The zero-order valence-corrected chi connectivity index (χ0v) is 15.8. The first-order valence-electron chi connectivity index (χ1n) is 10.6. The van der Waals surface area contributed by atoms with Crippen LogP contribution in [-0.4, -0.2) is 25.6 Å². The molecule has 3 fully saturated rings. The van der Waals surface area contributed by atoms with E-state index in [-0.39, 0.29) is 5.92 Å². The molecule has 0 heterocycles. The van der Waals surface area contributed by atoms with Crippen molar-refractivity contribution in [3.63, 3.8) is 0 Å². The second-order valence-corrected chi connectivity index (χ2v) is 8.88. The molecule has 0 aromatic heterocycles. The zero-order chi connectivity index (χ0) is 17.8. The highest BCUT2D eigenvalue weighted by molar-refractivity contribution is 4.94. The summed E-state index contributed by atoms with van der Waals surface area (Å²) in [6.45, 7) is 3.87. The average Bonchev–Trinajstić information content (AvgIpc) is 2.65. The standard InChI is InChI=1S/C22H36F2O/c1-3-4-15-5-7-16(8-6-15)17-9-11-18(12-10-17)19-13-14-20(25-2)22(24)21(19)23/h3,15-22H,1,4-14H2,2H3. The molecular formula is C22H36F2O. The van der Waals surface area contributed by atoms with E-state index in [4.69, 9.17) is 4.74 Å². The van der Waals surface area contributed by atoms with Crippen molar-refractivity contribution >= 4 is 0 Å². The smallest absolute Gasteiger partial charge is 0.157 e. The van der Waals surface area contributed by atoms with E-state index >= 15 is 0 Å². The van der Waals surface area contributed by atoms with Gasteiger partial charge in [-0.05, 0) is 100 Å². The van der Waals surface area contributed by atoms with Crippen molar-refractivity contribution in [1.82, 2.24) is 0 Å². The van der Waals surface area contributed by atoms with Crippen LogP contribution in [0.25, 0.3) is 0 Å². The van der Waals surface area contributed by atoms with Crippen molar-refractivity contribution in [2.24, 2.45) is 29.6 Å². The Labute approximate surface area is 152 Å². The van der Waals surface area contributed by atoms with Crippen molar-refractivity contribution in [3.05, 3.63) is 12.7 Å². The van der Waals surface area contributed by atoms with Crippen LogP contribution < -0.4 is 0 Å². The van der Waals surface area contributed by atoms with Gasteiger partial charge in [-0.3, -0.25) is 0 Å². The van der Waals surface area contributed by atoms with E-state index in [1.54, 1.807) is 0 Å². The van der Waals surface area contributed by atoms with E-state index in [1.165, 1.54) is 52.1 Å². The molecule has 3 rings (SSSR count). The maximum atomic E-state index is 14.6. The third-order valence-corrected chi connectivity index (χ3v) is 7.64. The first kappa shape index (κ1) is 19.3. The Hall–Kier alpha value is -0.440. The fraction of sp³-hybridized carbons (Fsp3) is 0.909. The molecule has 25 heavy (non-hydrogen) atoms. The van der Waals surface area contributed by atoms with Crippen LogP contribution >= 0.6 is 0 Å². The van der Waals surface area contributed by atoms with Crippen LogP contribution in [-0.2, 0) is 4.74 Å². The average molecular weight is 355 g/mol. The maximum absolute atomic E-state index is 14.6. The molecule has 144 valence electrons. The lowest BCUT2D eigenvalue weighted by Gasteiger charge is -2.43. The van der Waals surface area contributed by atoms with Crippen LogP contribution in [0, 0.1) is 29.6 Å². The Morgan fingerprint density at radius 3 is 1.92 bits per heavy atom. The highest BCUT2D eigenvalue weighted by atomic mass is 19.2. The fourth-order valence-corrected chi connectivity index (χ4v) is 6.04. The van der Waals surface area contributed by atoms with Gasteiger partial charge in [-0.25, -0.2) is 8.78 Å². The van der Waals surface area contributed by atoms with Gasteiger partial charge < -0.3 is 4.74 Å². The monoisotopic (exact) mass is 354 g/mol. The van der Waals surface area contributed by atoms with Crippen molar-refractivity contribution in [3.8, 4) is 0 Å². The molecule has 0 aromatic rings. The van der Waals surface area contributed by atoms with Gasteiger partial charge in [0.2, 0.25) is 0 Å². The summed E-state index contributed by atoms with van der Waals surface area (Å²) in [5.74, 6) is 2.87. The molecule has 3 aliphatic rings. The first-order chi connectivity index (χ1) is 12.1. The molecule has 0 radical (unpaired) electrons. The molecule has 3 saturated carbocycles. The molecule has 4 unspecified atom stereocenters. The summed E-state index contributed by atoms with van der Waals surface area (Å²) in [4.78, 5) is 0. The molecular weight excluding hydrogens is 318 g/mol. The number of methoxy groups -OCH3 is 1. The Morgan fingerprint density at radius 1 is 0.800 bits per heavy atom. The number of ether oxygens (including phenoxy) is 1. The van der Waals surface area contributed by atoms with Gasteiger partial charge in [0.25, 0.3) is 0 Å². The third-order valence-electron chi connectivity index (χ3n) is 7.64. The minimum Gasteiger partial charge on any atom is -0.378 e. The number of allylic oxidation sites excluding steroid dienone is 1. The van der Waals surface area contributed by atoms with Gasteiger partial charge in [0.15, 0.2) is 6.17 Å². The summed E-state index contributed by atoms with van der Waals surface area (Å²) in [5, 5.41) is 0. The quantitative estimate of drug-likeness (QED) is 0.528. The summed E-state index contributed by atoms with van der Waals surface area (Å²) in [6, 6.07) is 0. The summed E-state index contributed by atoms with van der Waals surface area (Å²) in [7, 11) is 1.50. The van der Waals surface area contributed by atoms with E-state index in [1.807, 2.05) is 0 Å². The number of hydrogen-bond acceptors (Lipinski definition) is 1. The second-order valence-electron chi connectivity index (χ2n) is 8.88. The Bertz CT molecular complexity index is 410. The van der Waals surface area contributed by atoms with Gasteiger partial charge in [0.05, 0.1) is 6.10 Å². The molecule has 0 bridgehead atoms. The maximum Gasteiger partial charge on any atom is 0.157 e. The number of halogens is 2. The highest BCUT2D eigenvalue weighted by Crippen LogP contribution is 2.46. The van der Waals surface area contributed by atoms with Crippen LogP contribution in [0.2, 0.25) is 0 Å². The molecule has 0 aliphatic heterocycles. The van der Waals surface area contributed by atoms with Crippen molar-refractivity contribution in [2.75, 3.05) is 7.11 Å². The Kier molecular flexibility index (Phi) is 6.93. The largest absolute Gasteiger partial charge is 0.378 e. The second kappa shape index (κ2) is 8.97. The molecule has 0 N–H and O–H groups in total. The topological polar surface area (TPSA) is 9.23 Å².